The molecule has 1 aliphatic heterocycles. The molecule has 0 aromatic heterocycles. The van der Waals surface area contributed by atoms with E-state index in [1.54, 1.807) is 4.90 Å². The van der Waals surface area contributed by atoms with Crippen LogP contribution in [0, 0.1) is 5.92 Å². The number of carbonyl (C=O) groups excluding carboxylic acids is 1. The standard InChI is InChI=1S/C16H24N2O3S/c1-16(2,14-6-4-3-5-7-14)10-15(19)18-9-8-13(11-18)12-22(17,20)21/h3-7,13H,8-12H2,1-2H3,(H2,17,20,21). The molecule has 1 aromatic rings. The predicted octanol–water partition coefficient (Wildman–Crippen LogP) is 1.49. The van der Waals surface area contributed by atoms with Crippen molar-refractivity contribution in [2.45, 2.75) is 32.1 Å². The minimum Gasteiger partial charge on any atom is -0.342 e. The number of carbonyl (C=O) groups is 1. The van der Waals surface area contributed by atoms with Crippen molar-refractivity contribution >= 4 is 15.9 Å². The SMILES string of the molecule is CC(C)(CC(=O)N1CCC(CS(N)(=O)=O)C1)c1ccccc1. The summed E-state index contributed by atoms with van der Waals surface area (Å²) >= 11 is 0. The third kappa shape index (κ3) is 4.55. The molecule has 0 spiro atoms. The molecular weight excluding hydrogens is 300 g/mol. The normalized spacial score (nSPS) is 19.4. The molecule has 122 valence electrons. The van der Waals surface area contributed by atoms with Crippen LogP contribution in [0.2, 0.25) is 0 Å². The molecule has 1 saturated heterocycles. The molecule has 2 N–H and O–H groups in total. The van der Waals surface area contributed by atoms with Gasteiger partial charge < -0.3 is 4.90 Å². The molecule has 1 atom stereocenters. The monoisotopic (exact) mass is 324 g/mol. The number of sulfonamides is 1. The molecule has 1 aliphatic rings. The van der Waals surface area contributed by atoms with Crippen molar-refractivity contribution in [3.05, 3.63) is 35.9 Å². The van der Waals surface area contributed by atoms with Crippen LogP contribution < -0.4 is 5.14 Å². The smallest absolute Gasteiger partial charge is 0.223 e. The van der Waals surface area contributed by atoms with Gasteiger partial charge in [-0.05, 0) is 23.3 Å². The van der Waals surface area contributed by atoms with E-state index in [9.17, 15) is 13.2 Å². The number of nitrogens with two attached hydrogens (primary N) is 1. The lowest BCUT2D eigenvalue weighted by molar-refractivity contribution is -0.131. The summed E-state index contributed by atoms with van der Waals surface area (Å²) in [7, 11) is -3.47. The fourth-order valence-electron chi connectivity index (χ4n) is 3.01. The Bertz CT molecular complexity index is 626. The van der Waals surface area contributed by atoms with Crippen molar-refractivity contribution in [3.63, 3.8) is 0 Å². The summed E-state index contributed by atoms with van der Waals surface area (Å²) in [6.07, 6.45) is 1.12. The van der Waals surface area contributed by atoms with Gasteiger partial charge in [0.2, 0.25) is 15.9 Å². The van der Waals surface area contributed by atoms with E-state index in [-0.39, 0.29) is 23.0 Å². The number of amides is 1. The van der Waals surface area contributed by atoms with Crippen LogP contribution >= 0.6 is 0 Å². The Kier molecular flexibility index (Phi) is 4.92. The lowest BCUT2D eigenvalue weighted by atomic mass is 9.81. The van der Waals surface area contributed by atoms with Gasteiger partial charge in [-0.2, -0.15) is 0 Å². The second-order valence-corrected chi connectivity index (χ2v) is 8.41. The molecule has 1 aromatic carbocycles. The highest BCUT2D eigenvalue weighted by atomic mass is 32.2. The minimum atomic E-state index is -3.47. The average molecular weight is 324 g/mol. The Balaban J connectivity index is 1.96. The zero-order chi connectivity index (χ0) is 16.4. The van der Waals surface area contributed by atoms with Crippen molar-refractivity contribution in [2.75, 3.05) is 18.8 Å². The van der Waals surface area contributed by atoms with E-state index in [1.807, 2.05) is 30.3 Å². The summed E-state index contributed by atoms with van der Waals surface area (Å²) in [6, 6.07) is 9.96. The number of benzene rings is 1. The molecule has 1 amide bonds. The summed E-state index contributed by atoms with van der Waals surface area (Å²) in [6.45, 7) is 5.21. The summed E-state index contributed by atoms with van der Waals surface area (Å²) in [5.74, 6) is -0.0108. The zero-order valence-corrected chi connectivity index (χ0v) is 14.0. The van der Waals surface area contributed by atoms with E-state index in [0.29, 0.717) is 25.9 Å². The molecule has 1 heterocycles. The van der Waals surface area contributed by atoms with Gasteiger partial charge in [0.25, 0.3) is 0 Å². The Morgan fingerprint density at radius 1 is 1.32 bits per heavy atom. The van der Waals surface area contributed by atoms with Crippen LogP contribution in [0.15, 0.2) is 30.3 Å². The second-order valence-electron chi connectivity index (χ2n) is 6.75. The number of nitrogens with zero attached hydrogens (tertiary/aromatic N) is 1. The van der Waals surface area contributed by atoms with Crippen molar-refractivity contribution in [3.8, 4) is 0 Å². The lowest BCUT2D eigenvalue weighted by Crippen LogP contribution is -2.35. The van der Waals surface area contributed by atoms with Gasteiger partial charge in [0.15, 0.2) is 0 Å². The van der Waals surface area contributed by atoms with Gasteiger partial charge >= 0.3 is 0 Å². The van der Waals surface area contributed by atoms with Gasteiger partial charge in [0.1, 0.15) is 0 Å². The fourth-order valence-corrected chi connectivity index (χ4v) is 3.93. The lowest BCUT2D eigenvalue weighted by Gasteiger charge is -2.27. The maximum absolute atomic E-state index is 12.5. The first kappa shape index (κ1) is 17.0. The first-order valence-corrected chi connectivity index (χ1v) is 9.23. The van der Waals surface area contributed by atoms with E-state index in [2.05, 4.69) is 13.8 Å². The van der Waals surface area contributed by atoms with Gasteiger partial charge in [-0.1, -0.05) is 44.2 Å². The highest BCUT2D eigenvalue weighted by Crippen LogP contribution is 2.29. The molecule has 1 unspecified atom stereocenters. The Labute approximate surface area is 132 Å². The predicted molar refractivity (Wildman–Crippen MR) is 86.7 cm³/mol. The van der Waals surface area contributed by atoms with Crippen molar-refractivity contribution < 1.29 is 13.2 Å². The number of hydrogen-bond donors (Lipinski definition) is 1. The van der Waals surface area contributed by atoms with E-state index in [1.165, 1.54) is 0 Å². The number of likely N-dealkylation sites (tertiary alicyclic amines) is 1. The van der Waals surface area contributed by atoms with Gasteiger partial charge in [0.05, 0.1) is 5.75 Å². The van der Waals surface area contributed by atoms with Crippen LogP contribution in [-0.4, -0.2) is 38.1 Å². The number of rotatable bonds is 5. The van der Waals surface area contributed by atoms with E-state index in [4.69, 9.17) is 5.14 Å². The first-order chi connectivity index (χ1) is 10.2. The van der Waals surface area contributed by atoms with Gasteiger partial charge in [-0.25, -0.2) is 13.6 Å². The van der Waals surface area contributed by atoms with Crippen LogP contribution in [0.25, 0.3) is 0 Å². The molecule has 2 rings (SSSR count). The second kappa shape index (κ2) is 6.38. The Morgan fingerprint density at radius 2 is 1.95 bits per heavy atom. The van der Waals surface area contributed by atoms with Crippen molar-refractivity contribution in [1.29, 1.82) is 0 Å². The largest absolute Gasteiger partial charge is 0.342 e. The number of hydrogen-bond acceptors (Lipinski definition) is 3. The third-order valence-corrected chi connectivity index (χ3v) is 5.19. The molecule has 5 nitrogen and oxygen atoms in total. The molecule has 0 aliphatic carbocycles. The zero-order valence-electron chi connectivity index (χ0n) is 13.2. The highest BCUT2D eigenvalue weighted by molar-refractivity contribution is 7.89. The quantitative estimate of drug-likeness (QED) is 0.891. The maximum Gasteiger partial charge on any atom is 0.223 e. The summed E-state index contributed by atoms with van der Waals surface area (Å²) in [5.41, 5.74) is 0.889. The topological polar surface area (TPSA) is 80.5 Å². The minimum absolute atomic E-state index is 0.0428. The van der Waals surface area contributed by atoms with Crippen LogP contribution in [0.4, 0.5) is 0 Å². The number of primary sulfonamides is 1. The van der Waals surface area contributed by atoms with Crippen molar-refractivity contribution in [1.82, 2.24) is 4.90 Å². The summed E-state index contributed by atoms with van der Waals surface area (Å²) < 4.78 is 22.3. The van der Waals surface area contributed by atoms with Gasteiger partial charge in [0, 0.05) is 19.5 Å². The Hall–Kier alpha value is -1.40. The van der Waals surface area contributed by atoms with E-state index >= 15 is 0 Å². The summed E-state index contributed by atoms with van der Waals surface area (Å²) in [5, 5.41) is 5.08. The maximum atomic E-state index is 12.5. The molecular formula is C16H24N2O3S. The van der Waals surface area contributed by atoms with Crippen molar-refractivity contribution in [2.24, 2.45) is 11.1 Å². The van der Waals surface area contributed by atoms with Gasteiger partial charge in [-0.3, -0.25) is 4.79 Å². The van der Waals surface area contributed by atoms with Crippen LogP contribution in [0.1, 0.15) is 32.3 Å². The molecule has 0 radical (unpaired) electrons. The third-order valence-electron chi connectivity index (χ3n) is 4.25. The molecule has 1 fully saturated rings. The fraction of sp³-hybridized carbons (Fsp3) is 0.562. The molecule has 0 saturated carbocycles. The average Bonchev–Trinajstić information content (AvgIpc) is 2.85. The highest BCUT2D eigenvalue weighted by Gasteiger charge is 2.32. The van der Waals surface area contributed by atoms with E-state index in [0.717, 1.165) is 5.56 Å². The van der Waals surface area contributed by atoms with E-state index < -0.39 is 10.0 Å². The first-order valence-electron chi connectivity index (χ1n) is 7.51. The van der Waals surface area contributed by atoms with Crippen LogP contribution in [-0.2, 0) is 20.2 Å². The molecule has 0 bridgehead atoms. The van der Waals surface area contributed by atoms with Crippen LogP contribution in [0.5, 0.6) is 0 Å². The van der Waals surface area contributed by atoms with Gasteiger partial charge in [-0.15, -0.1) is 0 Å². The molecule has 22 heavy (non-hydrogen) atoms. The Morgan fingerprint density at radius 3 is 2.55 bits per heavy atom. The summed E-state index contributed by atoms with van der Waals surface area (Å²) in [4.78, 5) is 14.3. The molecule has 6 heteroatoms. The van der Waals surface area contributed by atoms with Crippen LogP contribution in [0.3, 0.4) is 0 Å².